The Bertz CT molecular complexity index is 550. The molecule has 112 valence electrons. The second-order valence-electron chi connectivity index (χ2n) is 3.88. The van der Waals surface area contributed by atoms with Gasteiger partial charge in [0, 0.05) is 24.7 Å². The second kappa shape index (κ2) is 9.64. The lowest BCUT2D eigenvalue weighted by Gasteiger charge is -2.08. The summed E-state index contributed by atoms with van der Waals surface area (Å²) in [6.07, 6.45) is 4.23. The Morgan fingerprint density at radius 1 is 1.00 bits per heavy atom. The van der Waals surface area contributed by atoms with E-state index in [1.165, 1.54) is 5.56 Å². The Morgan fingerprint density at radius 2 is 1.71 bits per heavy atom. The summed E-state index contributed by atoms with van der Waals surface area (Å²) in [5, 5.41) is 3.33. The Balaban J connectivity index is 0.000000510. The molecule has 4 heteroatoms. The molecule has 21 heavy (non-hydrogen) atoms. The van der Waals surface area contributed by atoms with Crippen molar-refractivity contribution in [2.45, 2.75) is 40.7 Å². The molecular weight excluding hydrogens is 260 g/mol. The molecule has 4 nitrogen and oxygen atoms in total. The molecule has 2 aromatic rings. The van der Waals surface area contributed by atoms with E-state index in [1.54, 1.807) is 6.33 Å². The molecule has 1 N–H and O–H groups in total. The molecule has 0 saturated heterocycles. The van der Waals surface area contributed by atoms with Gasteiger partial charge in [0.1, 0.15) is 12.1 Å². The van der Waals surface area contributed by atoms with Gasteiger partial charge in [-0.05, 0) is 5.56 Å². The fourth-order valence-electron chi connectivity index (χ4n) is 1.86. The summed E-state index contributed by atoms with van der Waals surface area (Å²) >= 11 is 0. The second-order valence-corrected chi connectivity index (χ2v) is 3.88. The van der Waals surface area contributed by atoms with E-state index in [2.05, 4.69) is 32.4 Å². The van der Waals surface area contributed by atoms with Crippen molar-refractivity contribution in [2.75, 3.05) is 5.32 Å². The minimum absolute atomic E-state index is 0.768. The van der Waals surface area contributed by atoms with Crippen molar-refractivity contribution in [3.63, 3.8) is 0 Å². The number of nitrogens with one attached hydrogen (secondary N) is 1. The first-order chi connectivity index (χ1) is 10.4. The molecule has 0 fully saturated rings. The average Bonchev–Trinajstić information content (AvgIpc) is 3.07. The number of anilines is 1. The van der Waals surface area contributed by atoms with Gasteiger partial charge >= 0.3 is 0 Å². The average molecular weight is 284 g/mol. The van der Waals surface area contributed by atoms with Crippen molar-refractivity contribution in [1.82, 2.24) is 9.97 Å². The van der Waals surface area contributed by atoms with Crippen LogP contribution in [-0.2, 0) is 13.0 Å². The highest BCUT2D eigenvalue weighted by Crippen LogP contribution is 2.26. The van der Waals surface area contributed by atoms with Crippen LogP contribution < -0.4 is 5.32 Å². The van der Waals surface area contributed by atoms with E-state index >= 15 is 0 Å². The van der Waals surface area contributed by atoms with Crippen LogP contribution in [0, 0.1) is 0 Å². The molecule has 1 aliphatic heterocycles. The van der Waals surface area contributed by atoms with Crippen LogP contribution in [0.15, 0.2) is 41.7 Å². The molecule has 0 amide bonds. The van der Waals surface area contributed by atoms with Gasteiger partial charge in [-0.15, -0.1) is 0 Å². The summed E-state index contributed by atoms with van der Waals surface area (Å²) in [4.78, 5) is 12.6. The van der Waals surface area contributed by atoms with Gasteiger partial charge in [-0.1, -0.05) is 58.0 Å². The molecule has 0 aliphatic carbocycles. The fourth-order valence-corrected chi connectivity index (χ4v) is 1.86. The van der Waals surface area contributed by atoms with E-state index in [0.29, 0.717) is 0 Å². The third-order valence-electron chi connectivity index (χ3n) is 2.73. The molecule has 0 bridgehead atoms. The Kier molecular flexibility index (Phi) is 7.72. The van der Waals surface area contributed by atoms with Crippen LogP contribution in [0.5, 0.6) is 0 Å². The van der Waals surface area contributed by atoms with Crippen molar-refractivity contribution in [3.05, 3.63) is 47.8 Å². The fraction of sp³-hybridized carbons (Fsp3) is 0.353. The lowest BCUT2D eigenvalue weighted by atomic mass is 10.2. The number of hydrogen-bond donors (Lipinski definition) is 1. The Hall–Kier alpha value is -2.23. The Labute approximate surface area is 127 Å². The number of benzene rings is 1. The topological polar surface area (TPSA) is 50.2 Å². The van der Waals surface area contributed by atoms with Crippen LogP contribution in [0.2, 0.25) is 0 Å². The van der Waals surface area contributed by atoms with Crippen molar-refractivity contribution < 1.29 is 0 Å². The third kappa shape index (κ3) is 4.67. The van der Waals surface area contributed by atoms with Gasteiger partial charge < -0.3 is 5.32 Å². The van der Waals surface area contributed by atoms with Crippen LogP contribution in [0.4, 0.5) is 11.6 Å². The predicted molar refractivity (Wildman–Crippen MR) is 90.4 cm³/mol. The Morgan fingerprint density at radius 3 is 2.43 bits per heavy atom. The number of hydrogen-bond acceptors (Lipinski definition) is 4. The summed E-state index contributed by atoms with van der Waals surface area (Å²) in [6, 6.07) is 10.3. The maximum atomic E-state index is 4.26. The first-order valence-corrected chi connectivity index (χ1v) is 7.58. The highest BCUT2D eigenvalue weighted by Gasteiger charge is 2.13. The third-order valence-corrected chi connectivity index (χ3v) is 2.73. The lowest BCUT2D eigenvalue weighted by Crippen LogP contribution is -2.04. The van der Waals surface area contributed by atoms with Crippen molar-refractivity contribution in [3.8, 4) is 0 Å². The number of aromatic nitrogens is 2. The predicted octanol–water partition coefficient (Wildman–Crippen LogP) is 4.40. The molecule has 1 aromatic carbocycles. The zero-order chi connectivity index (χ0) is 15.5. The zero-order valence-electron chi connectivity index (χ0n) is 13.3. The minimum atomic E-state index is 0.768. The molecule has 1 aromatic heterocycles. The van der Waals surface area contributed by atoms with Gasteiger partial charge in [-0.3, -0.25) is 0 Å². The molecule has 0 saturated carbocycles. The molecule has 1 aliphatic rings. The van der Waals surface area contributed by atoms with Crippen LogP contribution in [0.25, 0.3) is 0 Å². The summed E-state index contributed by atoms with van der Waals surface area (Å²) in [6.45, 7) is 8.77. The van der Waals surface area contributed by atoms with Gasteiger partial charge in [0.25, 0.3) is 0 Å². The zero-order valence-corrected chi connectivity index (χ0v) is 13.3. The number of nitrogens with zero attached hydrogens (tertiary/aromatic N) is 3. The van der Waals surface area contributed by atoms with Gasteiger partial charge in [0.2, 0.25) is 0 Å². The van der Waals surface area contributed by atoms with Gasteiger partial charge in [0.05, 0.1) is 0 Å². The highest BCUT2D eigenvalue weighted by molar-refractivity contribution is 5.77. The SMILES string of the molecule is C1=Nc2ncnc(NCc3ccccc3)c2C1.CC.CC. The molecule has 3 rings (SSSR count). The smallest absolute Gasteiger partial charge is 0.160 e. The normalized spacial score (nSPS) is 10.7. The van der Waals surface area contributed by atoms with Crippen molar-refractivity contribution >= 4 is 17.9 Å². The molecule has 0 spiro atoms. The molecular formula is C17H24N4. The van der Waals surface area contributed by atoms with Crippen molar-refractivity contribution in [2.24, 2.45) is 4.99 Å². The monoisotopic (exact) mass is 284 g/mol. The van der Waals surface area contributed by atoms with Gasteiger partial charge in [0.15, 0.2) is 5.82 Å². The van der Waals surface area contributed by atoms with Crippen LogP contribution in [-0.4, -0.2) is 16.2 Å². The van der Waals surface area contributed by atoms with E-state index in [0.717, 1.165) is 30.2 Å². The van der Waals surface area contributed by atoms with Gasteiger partial charge in [-0.25, -0.2) is 15.0 Å². The summed E-state index contributed by atoms with van der Waals surface area (Å²) in [5.74, 6) is 1.67. The van der Waals surface area contributed by atoms with E-state index in [4.69, 9.17) is 0 Å². The van der Waals surface area contributed by atoms with Crippen LogP contribution in [0.1, 0.15) is 38.8 Å². The summed E-state index contributed by atoms with van der Waals surface area (Å²) in [5.41, 5.74) is 2.32. The summed E-state index contributed by atoms with van der Waals surface area (Å²) in [7, 11) is 0. The number of fused-ring (bicyclic) bond motifs is 1. The molecule has 0 radical (unpaired) electrons. The van der Waals surface area contributed by atoms with E-state index in [-0.39, 0.29) is 0 Å². The largest absolute Gasteiger partial charge is 0.366 e. The maximum absolute atomic E-state index is 4.26. The standard InChI is InChI=1S/C13H12N4.2C2H6/c1-2-4-10(5-3-1)8-15-13-11-6-7-14-12(11)16-9-17-13;2*1-2/h1-5,7,9H,6,8H2,(H,15,16,17);2*1-2H3. The van der Waals surface area contributed by atoms with Crippen LogP contribution >= 0.6 is 0 Å². The summed E-state index contributed by atoms with van der Waals surface area (Å²) < 4.78 is 0. The first-order valence-electron chi connectivity index (χ1n) is 7.58. The number of aliphatic imine (C=N–C) groups is 1. The first kappa shape index (κ1) is 16.8. The quantitative estimate of drug-likeness (QED) is 0.908. The highest BCUT2D eigenvalue weighted by atomic mass is 15.1. The molecule has 0 unspecified atom stereocenters. The van der Waals surface area contributed by atoms with Crippen molar-refractivity contribution in [1.29, 1.82) is 0 Å². The van der Waals surface area contributed by atoms with E-state index in [1.807, 2.05) is 52.1 Å². The lowest BCUT2D eigenvalue weighted by molar-refractivity contribution is 1.06. The van der Waals surface area contributed by atoms with E-state index in [9.17, 15) is 0 Å². The van der Waals surface area contributed by atoms with Gasteiger partial charge in [-0.2, -0.15) is 0 Å². The van der Waals surface area contributed by atoms with E-state index < -0.39 is 0 Å². The van der Waals surface area contributed by atoms with Crippen LogP contribution in [0.3, 0.4) is 0 Å². The molecule has 0 atom stereocenters. The maximum Gasteiger partial charge on any atom is 0.160 e. The number of rotatable bonds is 3. The minimum Gasteiger partial charge on any atom is -0.366 e. The molecule has 2 heterocycles.